The van der Waals surface area contributed by atoms with Gasteiger partial charge in [-0.25, -0.2) is 0 Å². The number of hydrogen-bond donors (Lipinski definition) is 2. The van der Waals surface area contributed by atoms with Crippen LogP contribution in [0.3, 0.4) is 0 Å². The molecule has 164 valence electrons. The van der Waals surface area contributed by atoms with Gasteiger partial charge in [0.1, 0.15) is 22.1 Å². The van der Waals surface area contributed by atoms with Crippen molar-refractivity contribution in [3.63, 3.8) is 0 Å². The largest absolute Gasteiger partial charge is 0.313 e. The molecular formula is C24H24N4O2S2. The van der Waals surface area contributed by atoms with Crippen LogP contribution in [-0.4, -0.2) is 11.8 Å². The van der Waals surface area contributed by atoms with Gasteiger partial charge in [-0.05, 0) is 62.5 Å². The van der Waals surface area contributed by atoms with Crippen LogP contribution >= 0.6 is 22.7 Å². The number of aryl methyl sites for hydroxylation is 2. The lowest BCUT2D eigenvalue weighted by Gasteiger charge is -2.02. The fourth-order valence-electron chi connectivity index (χ4n) is 4.36. The Bertz CT molecular complexity index is 1070. The highest BCUT2D eigenvalue weighted by atomic mass is 32.1. The molecule has 2 heterocycles. The maximum absolute atomic E-state index is 12.4. The van der Waals surface area contributed by atoms with Crippen molar-refractivity contribution in [3.8, 4) is 12.1 Å². The smallest absolute Gasteiger partial charge is 0.249 e. The van der Waals surface area contributed by atoms with E-state index in [1.54, 1.807) is 0 Å². The van der Waals surface area contributed by atoms with Crippen LogP contribution < -0.4 is 10.6 Å². The number of carbonyl (C=O) groups is 2. The molecule has 0 bridgehead atoms. The van der Waals surface area contributed by atoms with E-state index in [1.165, 1.54) is 44.6 Å². The molecule has 2 aromatic heterocycles. The van der Waals surface area contributed by atoms with Gasteiger partial charge >= 0.3 is 0 Å². The zero-order valence-electron chi connectivity index (χ0n) is 17.8. The van der Waals surface area contributed by atoms with E-state index in [-0.39, 0.29) is 0 Å². The molecule has 0 aliphatic heterocycles. The van der Waals surface area contributed by atoms with Crippen molar-refractivity contribution in [2.24, 2.45) is 0 Å². The van der Waals surface area contributed by atoms with Gasteiger partial charge in [-0.15, -0.1) is 22.7 Å². The number of amides is 2. The molecule has 32 heavy (non-hydrogen) atoms. The van der Waals surface area contributed by atoms with Gasteiger partial charge in [0.05, 0.1) is 11.1 Å². The molecule has 0 radical (unpaired) electrons. The van der Waals surface area contributed by atoms with Crippen molar-refractivity contribution in [1.29, 1.82) is 10.5 Å². The third kappa shape index (κ3) is 4.77. The minimum absolute atomic E-state index is 0.449. The summed E-state index contributed by atoms with van der Waals surface area (Å²) >= 11 is 2.93. The van der Waals surface area contributed by atoms with Crippen molar-refractivity contribution < 1.29 is 9.59 Å². The van der Waals surface area contributed by atoms with E-state index in [9.17, 15) is 20.1 Å². The molecule has 2 amide bonds. The zero-order valence-corrected chi connectivity index (χ0v) is 19.4. The molecule has 0 unspecified atom stereocenters. The van der Waals surface area contributed by atoms with Crippen LogP contribution in [0.2, 0.25) is 0 Å². The van der Waals surface area contributed by atoms with E-state index in [2.05, 4.69) is 22.8 Å². The molecule has 0 saturated heterocycles. The lowest BCUT2D eigenvalue weighted by molar-refractivity contribution is -0.114. The summed E-state index contributed by atoms with van der Waals surface area (Å²) in [5.74, 6) is -0.897. The van der Waals surface area contributed by atoms with Crippen molar-refractivity contribution in [3.05, 3.63) is 44.2 Å². The lowest BCUT2D eigenvalue weighted by Crippen LogP contribution is -2.12. The molecule has 8 heteroatoms. The summed E-state index contributed by atoms with van der Waals surface area (Å²) in [5.41, 5.74) is 3.23. The fourth-order valence-corrected chi connectivity index (χ4v) is 6.84. The predicted octanol–water partition coefficient (Wildman–Crippen LogP) is 5.22. The Balaban J connectivity index is 1.42. The Labute approximate surface area is 195 Å². The molecule has 6 nitrogen and oxygen atoms in total. The monoisotopic (exact) mass is 464 g/mol. The summed E-state index contributed by atoms with van der Waals surface area (Å²) in [4.78, 5) is 27.2. The molecular weight excluding hydrogens is 440 g/mol. The molecule has 0 fully saturated rings. The molecule has 0 atom stereocenters. The average molecular weight is 465 g/mol. The van der Waals surface area contributed by atoms with Gasteiger partial charge in [0.25, 0.3) is 0 Å². The number of carbonyl (C=O) groups excluding carboxylic acids is 2. The molecule has 0 spiro atoms. The van der Waals surface area contributed by atoms with Crippen LogP contribution in [-0.2, 0) is 35.3 Å². The molecule has 2 N–H and O–H groups in total. The number of nitrogens with one attached hydrogen (secondary N) is 2. The summed E-state index contributed by atoms with van der Waals surface area (Å²) in [6, 6.07) is 4.48. The number of hydrogen-bond acceptors (Lipinski definition) is 6. The van der Waals surface area contributed by atoms with E-state index in [4.69, 9.17) is 0 Å². The third-order valence-electron chi connectivity index (χ3n) is 5.93. The summed E-state index contributed by atoms with van der Waals surface area (Å²) in [6.07, 6.45) is 12.6. The number of rotatable bonds is 4. The van der Waals surface area contributed by atoms with Gasteiger partial charge in [-0.1, -0.05) is 12.8 Å². The van der Waals surface area contributed by atoms with Gasteiger partial charge < -0.3 is 10.6 Å². The normalized spacial score (nSPS) is 15.6. The summed E-state index contributed by atoms with van der Waals surface area (Å²) < 4.78 is 0. The SMILES string of the molecule is N#Cc1c(NC(=O)/C=C/C(=O)Nc2sc3c(c2C#N)CCCCC3)sc2c1CCCCC2. The number of thiophene rings is 2. The molecule has 4 rings (SSSR count). The van der Waals surface area contributed by atoms with Gasteiger partial charge in [0.15, 0.2) is 0 Å². The first-order valence-corrected chi connectivity index (χ1v) is 12.6. The molecule has 2 aliphatic carbocycles. The van der Waals surface area contributed by atoms with Crippen molar-refractivity contribution in [2.45, 2.75) is 64.2 Å². The van der Waals surface area contributed by atoms with Crippen LogP contribution in [0.4, 0.5) is 10.0 Å². The first kappa shape index (κ1) is 22.3. The lowest BCUT2D eigenvalue weighted by atomic mass is 10.1. The fraction of sp³-hybridized carbons (Fsp3) is 0.417. The standard InChI is InChI=1S/C24H24N4O2S2/c25-13-17-15-7-3-1-5-9-19(15)31-23(17)27-21(29)11-12-22(30)28-24-18(14-26)16-8-4-2-6-10-20(16)32-24/h11-12H,1-10H2,(H,27,29)(H,28,30)/b12-11+. The van der Waals surface area contributed by atoms with Crippen molar-refractivity contribution in [1.82, 2.24) is 0 Å². The van der Waals surface area contributed by atoms with E-state index in [1.807, 2.05) is 0 Å². The number of nitriles is 2. The van der Waals surface area contributed by atoms with Gasteiger partial charge in [-0.2, -0.15) is 10.5 Å². The Kier molecular flexibility index (Phi) is 7.04. The Hall–Kier alpha value is -2.94. The molecule has 0 saturated carbocycles. The highest BCUT2D eigenvalue weighted by Gasteiger charge is 2.22. The summed E-state index contributed by atoms with van der Waals surface area (Å²) in [7, 11) is 0. The second-order valence-corrected chi connectivity index (χ2v) is 10.3. The highest BCUT2D eigenvalue weighted by Crippen LogP contribution is 2.38. The van der Waals surface area contributed by atoms with E-state index < -0.39 is 11.8 Å². The second kappa shape index (κ2) is 10.1. The van der Waals surface area contributed by atoms with Gasteiger partial charge in [0, 0.05) is 21.9 Å². The first-order chi connectivity index (χ1) is 15.6. The zero-order chi connectivity index (χ0) is 22.5. The number of nitrogens with zero attached hydrogens (tertiary/aromatic N) is 2. The Morgan fingerprint density at radius 1 is 0.688 bits per heavy atom. The van der Waals surface area contributed by atoms with Gasteiger partial charge in [-0.3, -0.25) is 9.59 Å². The van der Waals surface area contributed by atoms with Crippen molar-refractivity contribution in [2.75, 3.05) is 10.6 Å². The van der Waals surface area contributed by atoms with E-state index >= 15 is 0 Å². The maximum Gasteiger partial charge on any atom is 0.249 e. The van der Waals surface area contributed by atoms with Crippen LogP contribution in [0.5, 0.6) is 0 Å². The number of fused-ring (bicyclic) bond motifs is 2. The highest BCUT2D eigenvalue weighted by molar-refractivity contribution is 7.17. The summed E-state index contributed by atoms with van der Waals surface area (Å²) in [5, 5.41) is 25.8. The molecule has 2 aromatic rings. The predicted molar refractivity (Wildman–Crippen MR) is 127 cm³/mol. The van der Waals surface area contributed by atoms with Crippen LogP contribution in [0.1, 0.15) is 70.5 Å². The first-order valence-electron chi connectivity index (χ1n) is 11.0. The second-order valence-electron chi connectivity index (χ2n) is 8.07. The molecule has 0 aromatic carbocycles. The Morgan fingerprint density at radius 3 is 1.50 bits per heavy atom. The topological polar surface area (TPSA) is 106 Å². The average Bonchev–Trinajstić information content (AvgIpc) is 3.04. The third-order valence-corrected chi connectivity index (χ3v) is 8.34. The van der Waals surface area contributed by atoms with Crippen molar-refractivity contribution >= 4 is 44.5 Å². The quantitative estimate of drug-likeness (QED) is 0.478. The maximum atomic E-state index is 12.4. The van der Waals surface area contributed by atoms with Gasteiger partial charge in [0.2, 0.25) is 11.8 Å². The van der Waals surface area contributed by atoms with E-state index in [0.717, 1.165) is 75.3 Å². The van der Waals surface area contributed by atoms with Crippen LogP contribution in [0.25, 0.3) is 0 Å². The Morgan fingerprint density at radius 2 is 1.09 bits per heavy atom. The minimum atomic E-state index is -0.449. The van der Waals surface area contributed by atoms with Crippen LogP contribution in [0, 0.1) is 22.7 Å². The number of anilines is 2. The molecule has 2 aliphatic rings. The van der Waals surface area contributed by atoms with E-state index in [0.29, 0.717) is 21.1 Å². The minimum Gasteiger partial charge on any atom is -0.313 e. The summed E-state index contributed by atoms with van der Waals surface area (Å²) in [6.45, 7) is 0. The van der Waals surface area contributed by atoms with Crippen LogP contribution in [0.15, 0.2) is 12.2 Å².